The molecule has 0 radical (unpaired) electrons. The Morgan fingerprint density at radius 1 is 1.07 bits per heavy atom. The molecule has 0 bridgehead atoms. The summed E-state index contributed by atoms with van der Waals surface area (Å²) in [5.41, 5.74) is 0. The number of rotatable bonds is 5. The lowest BCUT2D eigenvalue weighted by molar-refractivity contribution is -0.974. The summed E-state index contributed by atoms with van der Waals surface area (Å²) >= 11 is 0. The van der Waals surface area contributed by atoms with Crippen LogP contribution in [0.4, 0.5) is 0 Å². The fourth-order valence-electron chi connectivity index (χ4n) is 1.41. The van der Waals surface area contributed by atoms with Crippen molar-refractivity contribution in [3.8, 4) is 0 Å². The second kappa shape index (κ2) is 4.26. The van der Waals surface area contributed by atoms with Gasteiger partial charge < -0.3 is 14.2 Å². The molecule has 2 N–H and O–H groups in total. The molecule has 14 heavy (non-hydrogen) atoms. The first-order chi connectivity index (χ1) is 6.18. The van der Waals surface area contributed by atoms with Crippen molar-refractivity contribution in [1.29, 1.82) is 0 Å². The highest BCUT2D eigenvalue weighted by Crippen LogP contribution is 2.31. The minimum absolute atomic E-state index is 0.147. The average molecular weight is 223 g/mol. The van der Waals surface area contributed by atoms with Crippen LogP contribution in [0.1, 0.15) is 6.92 Å². The maximum absolute atomic E-state index is 6.05. The van der Waals surface area contributed by atoms with Gasteiger partial charge in [0.15, 0.2) is 0 Å². The van der Waals surface area contributed by atoms with Crippen LogP contribution in [-0.2, 0) is 14.2 Å². The standard InChI is InChI=1S/C8H23N2O3Si/c1-7(11-4,12-5)8(14,13-6)10(2,3)9/h9H2,1-6,14H3/q+1. The van der Waals surface area contributed by atoms with E-state index in [1.807, 2.05) is 21.0 Å². The van der Waals surface area contributed by atoms with Gasteiger partial charge in [-0.05, 0) is 6.92 Å². The molecule has 0 aliphatic heterocycles. The third kappa shape index (κ3) is 2.00. The van der Waals surface area contributed by atoms with Crippen molar-refractivity contribution < 1.29 is 18.8 Å². The predicted octanol–water partition coefficient (Wildman–Crippen LogP) is -1.39. The molecule has 0 aromatic rings. The smallest absolute Gasteiger partial charge is 0.244 e. The van der Waals surface area contributed by atoms with E-state index in [0.717, 1.165) is 0 Å². The molecule has 86 valence electrons. The lowest BCUT2D eigenvalue weighted by Crippen LogP contribution is -2.75. The molecule has 1 atom stereocenters. The van der Waals surface area contributed by atoms with E-state index < -0.39 is 11.1 Å². The van der Waals surface area contributed by atoms with Crippen LogP contribution in [0, 0.1) is 0 Å². The van der Waals surface area contributed by atoms with Crippen LogP contribution in [0.15, 0.2) is 0 Å². The van der Waals surface area contributed by atoms with Crippen LogP contribution in [0.25, 0.3) is 0 Å². The summed E-state index contributed by atoms with van der Waals surface area (Å²) in [4.78, 5) is 0. The minimum atomic E-state index is -0.841. The molecule has 0 saturated carbocycles. The Hall–Kier alpha value is 0.0169. The van der Waals surface area contributed by atoms with Crippen LogP contribution >= 0.6 is 0 Å². The maximum atomic E-state index is 6.05. The average Bonchev–Trinajstić information content (AvgIpc) is 2.13. The van der Waals surface area contributed by atoms with Crippen molar-refractivity contribution in [1.82, 2.24) is 0 Å². The van der Waals surface area contributed by atoms with Crippen LogP contribution < -0.4 is 5.84 Å². The maximum Gasteiger partial charge on any atom is 0.244 e. The van der Waals surface area contributed by atoms with Gasteiger partial charge in [-0.15, -0.1) is 0 Å². The first-order valence-electron chi connectivity index (χ1n) is 4.46. The summed E-state index contributed by atoms with van der Waals surface area (Å²) in [6, 6.07) is 0. The number of likely N-dealkylation sites (N-methyl/N-ethyl adjacent to an activating group) is 1. The largest absolute Gasteiger partial charge is 0.347 e. The number of nitrogens with zero attached hydrogens (tertiary/aromatic N) is 1. The van der Waals surface area contributed by atoms with E-state index >= 15 is 0 Å². The Bertz CT molecular complexity index is 192. The van der Waals surface area contributed by atoms with Crippen molar-refractivity contribution in [3.63, 3.8) is 0 Å². The predicted molar refractivity (Wildman–Crippen MR) is 58.4 cm³/mol. The summed E-state index contributed by atoms with van der Waals surface area (Å²) in [5, 5.41) is -0.656. The van der Waals surface area contributed by atoms with Gasteiger partial charge in [0, 0.05) is 21.3 Å². The van der Waals surface area contributed by atoms with Gasteiger partial charge >= 0.3 is 0 Å². The molecule has 0 saturated heterocycles. The third-order valence-electron chi connectivity index (χ3n) is 3.12. The van der Waals surface area contributed by atoms with Gasteiger partial charge in [0.05, 0.1) is 14.1 Å². The van der Waals surface area contributed by atoms with E-state index in [9.17, 15) is 0 Å². The quantitative estimate of drug-likeness (QED) is 0.205. The molecule has 0 aliphatic carbocycles. The zero-order valence-electron chi connectivity index (χ0n) is 10.2. The summed E-state index contributed by atoms with van der Waals surface area (Å²) < 4.78 is 16.4. The number of hydrogen-bond acceptors (Lipinski definition) is 4. The van der Waals surface area contributed by atoms with Gasteiger partial charge in [-0.3, -0.25) is 0 Å². The monoisotopic (exact) mass is 223 g/mol. The van der Waals surface area contributed by atoms with E-state index in [0.29, 0.717) is 10.2 Å². The normalized spacial score (nSPS) is 18.2. The van der Waals surface area contributed by atoms with Gasteiger partial charge in [0.1, 0.15) is 10.2 Å². The first kappa shape index (κ1) is 14.0. The van der Waals surface area contributed by atoms with Crippen molar-refractivity contribution in [2.24, 2.45) is 5.84 Å². The van der Waals surface area contributed by atoms with E-state index in [-0.39, 0.29) is 4.59 Å². The molecule has 0 aliphatic rings. The Kier molecular flexibility index (Phi) is 4.26. The Labute approximate surface area is 89.1 Å². The van der Waals surface area contributed by atoms with Gasteiger partial charge in [-0.25, -0.2) is 4.59 Å². The van der Waals surface area contributed by atoms with Crippen molar-refractivity contribution in [3.05, 3.63) is 0 Å². The summed E-state index contributed by atoms with van der Waals surface area (Å²) in [7, 11) is 9.19. The SMILES string of the molecule is COC(C)(OC)C([SiH3])(OC)[N+](C)(C)N. The molecule has 5 nitrogen and oxygen atoms in total. The Morgan fingerprint density at radius 3 is 1.50 bits per heavy atom. The highest BCUT2D eigenvalue weighted by Gasteiger charge is 2.57. The van der Waals surface area contributed by atoms with Crippen LogP contribution in [0.5, 0.6) is 0 Å². The van der Waals surface area contributed by atoms with E-state index in [1.165, 1.54) is 0 Å². The van der Waals surface area contributed by atoms with E-state index in [4.69, 9.17) is 20.1 Å². The van der Waals surface area contributed by atoms with Crippen LogP contribution in [-0.4, -0.2) is 61.4 Å². The Morgan fingerprint density at radius 2 is 1.43 bits per heavy atom. The van der Waals surface area contributed by atoms with Gasteiger partial charge in [0.25, 0.3) is 0 Å². The van der Waals surface area contributed by atoms with Gasteiger partial charge in [-0.1, -0.05) is 0 Å². The molecule has 0 rings (SSSR count). The summed E-state index contributed by atoms with van der Waals surface area (Å²) in [6.07, 6.45) is 0. The zero-order chi connectivity index (χ0) is 11.6. The highest BCUT2D eigenvalue weighted by molar-refractivity contribution is 6.14. The number of quaternary nitrogens is 1. The fourth-order valence-corrected chi connectivity index (χ4v) is 1.81. The zero-order valence-corrected chi connectivity index (χ0v) is 12.2. The van der Waals surface area contributed by atoms with Crippen molar-refractivity contribution in [2.75, 3.05) is 35.4 Å². The second-order valence-electron chi connectivity index (χ2n) is 4.08. The number of methoxy groups -OCH3 is 3. The molecule has 0 amide bonds. The Balaban J connectivity index is 5.22. The molecular weight excluding hydrogens is 200 g/mol. The van der Waals surface area contributed by atoms with Gasteiger partial charge in [-0.2, -0.15) is 5.84 Å². The number of hydrogen-bond donors (Lipinski definition) is 1. The van der Waals surface area contributed by atoms with E-state index in [1.54, 1.807) is 21.3 Å². The highest BCUT2D eigenvalue weighted by atomic mass is 28.1. The first-order valence-corrected chi connectivity index (χ1v) is 5.46. The molecular formula is C8H23N2O3Si+. The van der Waals surface area contributed by atoms with E-state index in [2.05, 4.69) is 0 Å². The molecule has 0 spiro atoms. The fraction of sp³-hybridized carbons (Fsp3) is 1.00. The minimum Gasteiger partial charge on any atom is -0.347 e. The number of nitrogens with two attached hydrogens (primary N) is 1. The van der Waals surface area contributed by atoms with Crippen molar-refractivity contribution >= 4 is 10.2 Å². The molecule has 0 aromatic carbocycles. The second-order valence-corrected chi connectivity index (χ2v) is 5.44. The number of ether oxygens (including phenoxy) is 3. The van der Waals surface area contributed by atoms with Gasteiger partial charge in [0.2, 0.25) is 11.1 Å². The molecule has 0 fully saturated rings. The lowest BCUT2D eigenvalue weighted by atomic mass is 10.2. The van der Waals surface area contributed by atoms with Crippen molar-refractivity contribution in [2.45, 2.75) is 18.1 Å². The molecule has 1 unspecified atom stereocenters. The molecule has 6 heteroatoms. The molecule has 0 heterocycles. The van der Waals surface area contributed by atoms with Crippen LogP contribution in [0.2, 0.25) is 0 Å². The lowest BCUT2D eigenvalue weighted by Gasteiger charge is -2.49. The summed E-state index contributed by atoms with van der Waals surface area (Å²) in [6.45, 7) is 1.83. The molecule has 0 aromatic heterocycles. The van der Waals surface area contributed by atoms with Crippen LogP contribution in [0.3, 0.4) is 0 Å². The third-order valence-corrected chi connectivity index (χ3v) is 5.59. The summed E-state index contributed by atoms with van der Waals surface area (Å²) in [5.74, 6) is 5.21. The topological polar surface area (TPSA) is 53.7 Å².